The van der Waals surface area contributed by atoms with E-state index in [9.17, 15) is 4.79 Å². The van der Waals surface area contributed by atoms with Gasteiger partial charge in [0, 0.05) is 18.8 Å². The first-order chi connectivity index (χ1) is 6.75. The maximum absolute atomic E-state index is 11.3. The highest BCUT2D eigenvalue weighted by atomic mass is 32.2. The lowest BCUT2D eigenvalue weighted by Gasteiger charge is -2.02. The molecule has 0 radical (unpaired) electrons. The predicted molar refractivity (Wildman–Crippen MR) is 51.8 cm³/mol. The third-order valence-electron chi connectivity index (χ3n) is 1.93. The van der Waals surface area contributed by atoms with Crippen molar-refractivity contribution >= 4 is 17.7 Å². The molecule has 0 aliphatic carbocycles. The van der Waals surface area contributed by atoms with Crippen LogP contribution in [0.3, 0.4) is 0 Å². The molecule has 1 aromatic heterocycles. The Labute approximate surface area is 86.1 Å². The van der Waals surface area contributed by atoms with Crippen molar-refractivity contribution in [2.45, 2.75) is 29.7 Å². The fourth-order valence-corrected chi connectivity index (χ4v) is 2.36. The average Bonchev–Trinajstić information content (AvgIpc) is 2.47. The smallest absolute Gasteiger partial charge is 0.319 e. The van der Waals surface area contributed by atoms with Gasteiger partial charge in [0.05, 0.1) is 6.20 Å². The Hall–Kier alpha value is -1.10. The highest BCUT2D eigenvalue weighted by Gasteiger charge is 2.32. The molecule has 0 spiro atoms. The Bertz CT molecular complexity index is 331. The first kappa shape index (κ1) is 9.45. The molecule has 14 heavy (non-hydrogen) atoms. The number of esters is 1. The van der Waals surface area contributed by atoms with Crippen LogP contribution >= 0.6 is 11.8 Å². The molecule has 2 atom stereocenters. The summed E-state index contributed by atoms with van der Waals surface area (Å²) in [5, 5.41) is 0.644. The maximum Gasteiger partial charge on any atom is 0.319 e. The van der Waals surface area contributed by atoms with Gasteiger partial charge in [-0.1, -0.05) is 11.8 Å². The molecule has 0 aromatic carbocycles. The van der Waals surface area contributed by atoms with Gasteiger partial charge in [-0.05, 0) is 6.92 Å². The molecule has 0 bridgehead atoms. The third-order valence-corrected chi connectivity index (χ3v) is 3.05. The summed E-state index contributed by atoms with van der Waals surface area (Å²) in [6, 6.07) is 0. The summed E-state index contributed by atoms with van der Waals surface area (Å²) in [6.45, 7) is 1.90. The Balaban J connectivity index is 2.02. The molecule has 74 valence electrons. The highest BCUT2D eigenvalue weighted by molar-refractivity contribution is 8.00. The summed E-state index contributed by atoms with van der Waals surface area (Å²) in [6.07, 6.45) is 5.66. The van der Waals surface area contributed by atoms with Crippen LogP contribution in [-0.2, 0) is 9.53 Å². The Morgan fingerprint density at radius 2 is 2.43 bits per heavy atom. The van der Waals surface area contributed by atoms with E-state index in [2.05, 4.69) is 9.97 Å². The summed E-state index contributed by atoms with van der Waals surface area (Å²) in [7, 11) is 0. The van der Waals surface area contributed by atoms with Crippen LogP contribution in [0.1, 0.15) is 13.3 Å². The zero-order valence-electron chi connectivity index (χ0n) is 7.71. The molecule has 1 saturated heterocycles. The van der Waals surface area contributed by atoms with Crippen LogP contribution in [0, 0.1) is 0 Å². The lowest BCUT2D eigenvalue weighted by molar-refractivity contribution is -0.140. The number of thioether (sulfide) groups is 1. The van der Waals surface area contributed by atoms with Gasteiger partial charge >= 0.3 is 5.97 Å². The van der Waals surface area contributed by atoms with Crippen molar-refractivity contribution in [3.8, 4) is 0 Å². The predicted octanol–water partition coefficient (Wildman–Crippen LogP) is 1.27. The minimum Gasteiger partial charge on any atom is -0.462 e. The standard InChI is InChI=1S/C9H10N2O2S/c1-6-4-7(9(12)13-6)14-8-5-10-2-3-11-8/h2-3,5-7H,4H2,1H3/t6-,7+/m1/s1. The minimum absolute atomic E-state index is 0.0247. The molecule has 2 rings (SSSR count). The van der Waals surface area contributed by atoms with Crippen LogP contribution in [0.25, 0.3) is 0 Å². The molecule has 1 fully saturated rings. The van der Waals surface area contributed by atoms with Crippen LogP contribution < -0.4 is 0 Å². The van der Waals surface area contributed by atoms with E-state index in [-0.39, 0.29) is 17.3 Å². The van der Waals surface area contributed by atoms with Crippen LogP contribution in [0.15, 0.2) is 23.6 Å². The Morgan fingerprint density at radius 1 is 1.57 bits per heavy atom. The van der Waals surface area contributed by atoms with E-state index in [1.807, 2.05) is 6.92 Å². The molecule has 1 aliphatic heterocycles. The van der Waals surface area contributed by atoms with E-state index < -0.39 is 0 Å². The second-order valence-electron chi connectivity index (χ2n) is 3.13. The van der Waals surface area contributed by atoms with Gasteiger partial charge in [0.2, 0.25) is 0 Å². The molecule has 1 aliphatic rings. The lowest BCUT2D eigenvalue weighted by Crippen LogP contribution is -2.09. The van der Waals surface area contributed by atoms with Crippen molar-refractivity contribution in [2.24, 2.45) is 0 Å². The van der Waals surface area contributed by atoms with Gasteiger partial charge in [-0.15, -0.1) is 0 Å². The summed E-state index contributed by atoms with van der Waals surface area (Å²) >= 11 is 1.41. The summed E-state index contributed by atoms with van der Waals surface area (Å²) in [5.74, 6) is -0.145. The summed E-state index contributed by atoms with van der Waals surface area (Å²) in [5.41, 5.74) is 0. The van der Waals surface area contributed by atoms with E-state index in [1.165, 1.54) is 11.8 Å². The van der Waals surface area contributed by atoms with Gasteiger partial charge in [0.1, 0.15) is 16.4 Å². The fourth-order valence-electron chi connectivity index (χ4n) is 1.31. The van der Waals surface area contributed by atoms with E-state index in [0.29, 0.717) is 0 Å². The number of nitrogens with zero attached hydrogens (tertiary/aromatic N) is 2. The van der Waals surface area contributed by atoms with Crippen molar-refractivity contribution < 1.29 is 9.53 Å². The van der Waals surface area contributed by atoms with Gasteiger partial charge in [0.15, 0.2) is 0 Å². The summed E-state index contributed by atoms with van der Waals surface area (Å²) in [4.78, 5) is 19.3. The van der Waals surface area contributed by atoms with Crippen molar-refractivity contribution in [3.05, 3.63) is 18.6 Å². The monoisotopic (exact) mass is 210 g/mol. The summed E-state index contributed by atoms with van der Waals surface area (Å²) < 4.78 is 5.04. The van der Waals surface area contributed by atoms with Gasteiger partial charge in [0.25, 0.3) is 0 Å². The molecule has 0 unspecified atom stereocenters. The zero-order chi connectivity index (χ0) is 9.97. The number of hydrogen-bond acceptors (Lipinski definition) is 5. The second-order valence-corrected chi connectivity index (χ2v) is 4.36. The molecule has 0 saturated carbocycles. The van der Waals surface area contributed by atoms with Crippen LogP contribution in [0.5, 0.6) is 0 Å². The quantitative estimate of drug-likeness (QED) is 0.688. The largest absolute Gasteiger partial charge is 0.462 e. The Morgan fingerprint density at radius 3 is 3.00 bits per heavy atom. The normalized spacial score (nSPS) is 26.2. The number of rotatable bonds is 2. The number of ether oxygens (including phenoxy) is 1. The molecule has 0 amide bonds. The van der Waals surface area contributed by atoms with Gasteiger partial charge in [-0.25, -0.2) is 4.98 Å². The number of hydrogen-bond donors (Lipinski definition) is 0. The van der Waals surface area contributed by atoms with Crippen molar-refractivity contribution in [1.82, 2.24) is 9.97 Å². The number of aromatic nitrogens is 2. The molecule has 2 heterocycles. The third kappa shape index (κ3) is 2.04. The maximum atomic E-state index is 11.3. The topological polar surface area (TPSA) is 52.1 Å². The number of carbonyl (C=O) groups is 1. The van der Waals surface area contributed by atoms with Gasteiger partial charge in [-0.3, -0.25) is 9.78 Å². The Kier molecular flexibility index (Phi) is 2.67. The molecule has 0 N–H and O–H groups in total. The van der Waals surface area contributed by atoms with Crippen molar-refractivity contribution in [3.63, 3.8) is 0 Å². The zero-order valence-corrected chi connectivity index (χ0v) is 8.53. The molecule has 4 nitrogen and oxygen atoms in total. The van der Waals surface area contributed by atoms with Crippen molar-refractivity contribution in [1.29, 1.82) is 0 Å². The molecule has 5 heteroatoms. The van der Waals surface area contributed by atoms with E-state index >= 15 is 0 Å². The first-order valence-corrected chi connectivity index (χ1v) is 5.27. The highest BCUT2D eigenvalue weighted by Crippen LogP contribution is 2.30. The van der Waals surface area contributed by atoms with Crippen molar-refractivity contribution in [2.75, 3.05) is 0 Å². The number of cyclic esters (lactones) is 1. The molecular formula is C9H10N2O2S. The van der Waals surface area contributed by atoms with E-state index in [4.69, 9.17) is 4.74 Å². The van der Waals surface area contributed by atoms with E-state index in [0.717, 1.165) is 11.4 Å². The average molecular weight is 210 g/mol. The fraction of sp³-hybridized carbons (Fsp3) is 0.444. The van der Waals surface area contributed by atoms with Crippen LogP contribution in [0.4, 0.5) is 0 Å². The van der Waals surface area contributed by atoms with E-state index in [1.54, 1.807) is 18.6 Å². The second kappa shape index (κ2) is 3.96. The van der Waals surface area contributed by atoms with Crippen LogP contribution in [-0.4, -0.2) is 27.3 Å². The molecular weight excluding hydrogens is 200 g/mol. The van der Waals surface area contributed by atoms with Gasteiger partial charge < -0.3 is 4.74 Å². The van der Waals surface area contributed by atoms with Crippen LogP contribution in [0.2, 0.25) is 0 Å². The first-order valence-electron chi connectivity index (χ1n) is 4.39. The minimum atomic E-state index is -0.145. The number of carbonyl (C=O) groups excluding carboxylic acids is 1. The lowest BCUT2D eigenvalue weighted by atomic mass is 10.3. The molecule has 1 aromatic rings. The SMILES string of the molecule is C[C@@H]1C[C@H](Sc2cnccn2)C(=O)O1. The van der Waals surface area contributed by atoms with Gasteiger partial charge in [-0.2, -0.15) is 0 Å².